The van der Waals surface area contributed by atoms with Crippen LogP contribution in [0.25, 0.3) is 0 Å². The van der Waals surface area contributed by atoms with Crippen LogP contribution in [-0.4, -0.2) is 46.6 Å². The van der Waals surface area contributed by atoms with Crippen LogP contribution in [0.4, 0.5) is 0 Å². The average molecular weight is 399 g/mol. The van der Waals surface area contributed by atoms with Gasteiger partial charge in [-0.25, -0.2) is 0 Å². The zero-order chi connectivity index (χ0) is 20.1. The number of nitrogens with zero attached hydrogens (tertiary/aromatic N) is 1. The van der Waals surface area contributed by atoms with Crippen LogP contribution in [0.15, 0.2) is 24.3 Å². The summed E-state index contributed by atoms with van der Waals surface area (Å²) in [5, 5.41) is 0. The van der Waals surface area contributed by atoms with Gasteiger partial charge in [-0.05, 0) is 48.4 Å². The second-order valence-electron chi connectivity index (χ2n) is 7.51. The monoisotopic (exact) mass is 399 g/mol. The van der Waals surface area contributed by atoms with E-state index < -0.39 is 6.29 Å². The van der Waals surface area contributed by atoms with Gasteiger partial charge >= 0.3 is 0 Å². The third-order valence-electron chi connectivity index (χ3n) is 6.10. The molecule has 0 unspecified atom stereocenters. The molecular formula is C22H25NO6. The molecule has 2 aromatic rings. The lowest BCUT2D eigenvalue weighted by Gasteiger charge is -2.41. The highest BCUT2D eigenvalue weighted by molar-refractivity contribution is 5.56. The highest BCUT2D eigenvalue weighted by atomic mass is 16.7. The van der Waals surface area contributed by atoms with Gasteiger partial charge in [0.05, 0.1) is 25.8 Å². The number of rotatable bonds is 3. The predicted molar refractivity (Wildman–Crippen MR) is 105 cm³/mol. The molecule has 3 atom stereocenters. The second kappa shape index (κ2) is 7.09. The Morgan fingerprint density at radius 3 is 2.55 bits per heavy atom. The molecule has 0 N–H and O–H groups in total. The molecule has 154 valence electrons. The summed E-state index contributed by atoms with van der Waals surface area (Å²) in [6, 6.07) is 8.20. The zero-order valence-corrected chi connectivity index (χ0v) is 17.1. The van der Waals surface area contributed by atoms with Crippen LogP contribution in [0.5, 0.6) is 23.0 Å². The maximum absolute atomic E-state index is 6.55. The van der Waals surface area contributed by atoms with Crippen molar-refractivity contribution in [2.24, 2.45) is 0 Å². The van der Waals surface area contributed by atoms with Gasteiger partial charge < -0.3 is 28.4 Å². The van der Waals surface area contributed by atoms with Gasteiger partial charge in [-0.2, -0.15) is 0 Å². The summed E-state index contributed by atoms with van der Waals surface area (Å²) in [6.07, 6.45) is 0.130. The molecule has 29 heavy (non-hydrogen) atoms. The van der Waals surface area contributed by atoms with Crippen LogP contribution in [0, 0.1) is 0 Å². The first-order chi connectivity index (χ1) is 14.2. The van der Waals surface area contributed by atoms with E-state index in [0.29, 0.717) is 5.75 Å². The zero-order valence-electron chi connectivity index (χ0n) is 17.1. The third-order valence-corrected chi connectivity index (χ3v) is 6.10. The minimum atomic E-state index is -0.546. The van der Waals surface area contributed by atoms with Gasteiger partial charge in [0.2, 0.25) is 6.79 Å². The molecule has 0 aromatic heterocycles. The fraction of sp³-hybridized carbons (Fsp3) is 0.455. The number of likely N-dealkylation sites (N-methyl/N-ethyl adjacent to an activating group) is 1. The van der Waals surface area contributed by atoms with Crippen LogP contribution >= 0.6 is 0 Å². The molecule has 7 heteroatoms. The lowest BCUT2D eigenvalue weighted by Crippen LogP contribution is -2.35. The summed E-state index contributed by atoms with van der Waals surface area (Å²) in [5.74, 6) is 2.88. The Hall–Kier alpha value is -2.48. The molecular weight excluding hydrogens is 374 g/mol. The van der Waals surface area contributed by atoms with Crippen molar-refractivity contribution in [2.45, 2.75) is 24.9 Å². The van der Waals surface area contributed by atoms with Crippen LogP contribution in [0.2, 0.25) is 0 Å². The normalized spacial score (nSPS) is 24.9. The maximum Gasteiger partial charge on any atom is 0.231 e. The number of ether oxygens (including phenoxy) is 6. The molecule has 5 rings (SSSR count). The molecule has 0 saturated heterocycles. The van der Waals surface area contributed by atoms with Crippen molar-refractivity contribution < 1.29 is 28.4 Å². The van der Waals surface area contributed by atoms with E-state index in [1.807, 2.05) is 12.1 Å². The minimum absolute atomic E-state index is 0.0188. The number of hydrogen-bond donors (Lipinski definition) is 0. The molecule has 2 aromatic carbocycles. The Kier molecular flexibility index (Phi) is 4.53. The first-order valence-electron chi connectivity index (χ1n) is 9.72. The van der Waals surface area contributed by atoms with Crippen molar-refractivity contribution in [3.8, 4) is 23.0 Å². The fourth-order valence-corrected chi connectivity index (χ4v) is 4.69. The molecule has 3 aliphatic heterocycles. The van der Waals surface area contributed by atoms with Crippen molar-refractivity contribution in [1.82, 2.24) is 4.90 Å². The third kappa shape index (κ3) is 2.76. The van der Waals surface area contributed by atoms with Gasteiger partial charge in [-0.15, -0.1) is 0 Å². The number of hydrogen-bond acceptors (Lipinski definition) is 7. The predicted octanol–water partition coefficient (Wildman–Crippen LogP) is 3.38. The van der Waals surface area contributed by atoms with E-state index in [9.17, 15) is 0 Å². The average Bonchev–Trinajstić information content (AvgIpc) is 3.19. The highest BCUT2D eigenvalue weighted by Crippen LogP contribution is 2.55. The van der Waals surface area contributed by atoms with Crippen molar-refractivity contribution in [3.05, 3.63) is 46.5 Å². The van der Waals surface area contributed by atoms with E-state index in [1.54, 1.807) is 21.3 Å². The van der Waals surface area contributed by atoms with Crippen molar-refractivity contribution in [2.75, 3.05) is 41.7 Å². The van der Waals surface area contributed by atoms with Crippen LogP contribution in [0.3, 0.4) is 0 Å². The van der Waals surface area contributed by atoms with Gasteiger partial charge in [0.1, 0.15) is 6.10 Å². The lowest BCUT2D eigenvalue weighted by atomic mass is 9.87. The summed E-state index contributed by atoms with van der Waals surface area (Å²) < 4.78 is 34.7. The molecule has 3 aliphatic rings. The Bertz CT molecular complexity index is 945. The van der Waals surface area contributed by atoms with Crippen LogP contribution < -0.4 is 18.9 Å². The largest absolute Gasteiger partial charge is 0.493 e. The molecule has 0 fully saturated rings. The quantitative estimate of drug-likeness (QED) is 0.784. The van der Waals surface area contributed by atoms with E-state index in [2.05, 4.69) is 24.1 Å². The first-order valence-corrected chi connectivity index (χ1v) is 9.72. The number of fused-ring (bicyclic) bond motifs is 7. The molecule has 3 heterocycles. The first kappa shape index (κ1) is 18.5. The minimum Gasteiger partial charge on any atom is -0.493 e. The lowest BCUT2D eigenvalue weighted by molar-refractivity contribution is -0.190. The van der Waals surface area contributed by atoms with E-state index in [1.165, 1.54) is 5.56 Å². The van der Waals surface area contributed by atoms with Gasteiger partial charge in [0, 0.05) is 13.7 Å². The molecule has 0 radical (unpaired) electrons. The molecule has 7 nitrogen and oxygen atoms in total. The topological polar surface area (TPSA) is 58.6 Å². The molecule has 0 spiro atoms. The Labute approximate surface area is 170 Å². The van der Waals surface area contributed by atoms with Crippen molar-refractivity contribution >= 4 is 0 Å². The molecule has 0 amide bonds. The van der Waals surface area contributed by atoms with E-state index in [0.717, 1.165) is 46.9 Å². The Balaban J connectivity index is 1.69. The molecule has 0 aliphatic carbocycles. The van der Waals surface area contributed by atoms with Gasteiger partial charge in [0.15, 0.2) is 29.3 Å². The summed E-state index contributed by atoms with van der Waals surface area (Å²) in [5.41, 5.74) is 4.35. The Morgan fingerprint density at radius 1 is 1.00 bits per heavy atom. The Morgan fingerprint density at radius 2 is 1.79 bits per heavy atom. The SMILES string of the molecule is COc1cc2c(cc1OC)[C@@H]1O[C@H](OC)c3c(ccc4c3OCO4)[C@H]1N(C)CC2. The van der Waals surface area contributed by atoms with E-state index in [4.69, 9.17) is 28.4 Å². The maximum atomic E-state index is 6.55. The van der Waals surface area contributed by atoms with Crippen LogP contribution in [0.1, 0.15) is 40.7 Å². The summed E-state index contributed by atoms with van der Waals surface area (Å²) >= 11 is 0. The van der Waals surface area contributed by atoms with Crippen molar-refractivity contribution in [1.29, 1.82) is 0 Å². The van der Waals surface area contributed by atoms with Gasteiger partial charge in [-0.3, -0.25) is 4.90 Å². The smallest absolute Gasteiger partial charge is 0.231 e. The standard InChI is InChI=1S/C22H25NO6/c1-23-8-7-12-9-16(24-2)17(25-3)10-14(12)20-19(23)13-5-6-15-21(28-11-27-15)18(13)22(26-4)29-20/h5-6,9-10,19-20,22H,7-8,11H2,1-4H3/t19-,20+,22+/m1/s1. The summed E-state index contributed by atoms with van der Waals surface area (Å²) in [6.45, 7) is 1.10. The van der Waals surface area contributed by atoms with Gasteiger partial charge in [-0.1, -0.05) is 6.07 Å². The van der Waals surface area contributed by atoms with Crippen LogP contribution in [-0.2, 0) is 15.9 Å². The van der Waals surface area contributed by atoms with Gasteiger partial charge in [0.25, 0.3) is 0 Å². The second-order valence-corrected chi connectivity index (χ2v) is 7.51. The number of methoxy groups -OCH3 is 3. The van der Waals surface area contributed by atoms with E-state index in [-0.39, 0.29) is 18.9 Å². The number of benzene rings is 2. The summed E-state index contributed by atoms with van der Waals surface area (Å²) in [7, 11) is 7.09. The molecule has 0 saturated carbocycles. The van der Waals surface area contributed by atoms with Crippen molar-refractivity contribution in [3.63, 3.8) is 0 Å². The van der Waals surface area contributed by atoms with E-state index >= 15 is 0 Å². The highest BCUT2D eigenvalue weighted by Gasteiger charge is 2.44. The summed E-state index contributed by atoms with van der Waals surface area (Å²) in [4.78, 5) is 2.33. The fourth-order valence-electron chi connectivity index (χ4n) is 4.69. The molecule has 0 bridgehead atoms.